The van der Waals surface area contributed by atoms with Gasteiger partial charge >= 0.3 is 12.1 Å². The Labute approximate surface area is 238 Å². The van der Waals surface area contributed by atoms with Gasteiger partial charge in [0.05, 0.1) is 0 Å². The number of halogens is 4. The number of nitrogens with one attached hydrogen (secondary N) is 1. The average molecular weight is 581 g/mol. The van der Waals surface area contributed by atoms with E-state index < -0.39 is 18.2 Å². The van der Waals surface area contributed by atoms with E-state index in [-0.39, 0.29) is 5.82 Å². The molecule has 2 heterocycles. The number of fused-ring (bicyclic) bond motifs is 1. The number of nitrogen functional groups attached to an aromatic ring is 1. The molecule has 0 saturated carbocycles. The van der Waals surface area contributed by atoms with Crippen LogP contribution in [0.15, 0.2) is 72.9 Å². The van der Waals surface area contributed by atoms with Gasteiger partial charge in [0.15, 0.2) is 11.6 Å². The Bertz CT molecular complexity index is 1740. The zero-order valence-corrected chi connectivity index (χ0v) is 22.9. The predicted octanol–water partition coefficient (Wildman–Crippen LogP) is 6.46. The number of benzene rings is 3. The number of nitrogens with zero attached hydrogens (tertiary/aromatic N) is 4. The van der Waals surface area contributed by atoms with Crippen LogP contribution in [-0.4, -0.2) is 37.0 Å². The first-order valence-corrected chi connectivity index (χ1v) is 12.8. The van der Waals surface area contributed by atoms with Crippen molar-refractivity contribution in [2.75, 3.05) is 11.1 Å². The number of aryl methyl sites for hydroxylation is 3. The van der Waals surface area contributed by atoms with Gasteiger partial charge < -0.3 is 16.2 Å². The van der Waals surface area contributed by atoms with Crippen LogP contribution >= 0.6 is 0 Å². The molecule has 12 heteroatoms. The van der Waals surface area contributed by atoms with Crippen molar-refractivity contribution in [3.05, 3.63) is 101 Å². The number of hydrogen-bond acceptors (Lipinski definition) is 6. The number of carboxylic acids is 1. The number of hydrogen-bond donors (Lipinski definition) is 3. The van der Waals surface area contributed by atoms with Crippen LogP contribution in [0, 0.1) is 12.7 Å². The first kappa shape index (κ1) is 30.0. The summed E-state index contributed by atoms with van der Waals surface area (Å²) in [6, 6.07) is 20.5. The lowest BCUT2D eigenvalue weighted by Gasteiger charge is -2.21. The number of aromatic nitrogens is 4. The normalized spacial score (nSPS) is 12.0. The van der Waals surface area contributed by atoms with Gasteiger partial charge in [-0.2, -0.15) is 18.3 Å². The number of carboxylic acid groups (broad SMARTS) is 1. The molecule has 4 N–H and O–H groups in total. The summed E-state index contributed by atoms with van der Waals surface area (Å²) in [5.41, 5.74) is 10.4. The highest BCUT2D eigenvalue weighted by atomic mass is 19.4. The minimum Gasteiger partial charge on any atom is -0.475 e. The summed E-state index contributed by atoms with van der Waals surface area (Å²) in [5.74, 6) is -1.37. The Morgan fingerprint density at radius 2 is 1.83 bits per heavy atom. The van der Waals surface area contributed by atoms with E-state index in [1.54, 1.807) is 10.9 Å². The minimum absolute atomic E-state index is 0.297. The third-order valence-electron chi connectivity index (χ3n) is 6.46. The fourth-order valence-electron chi connectivity index (χ4n) is 4.33. The molecule has 0 aliphatic carbocycles. The third kappa shape index (κ3) is 6.82. The first-order chi connectivity index (χ1) is 19.9. The molecular weight excluding hydrogens is 552 g/mol. The molecule has 42 heavy (non-hydrogen) atoms. The van der Waals surface area contributed by atoms with Gasteiger partial charge in [0.1, 0.15) is 17.7 Å². The highest BCUT2D eigenvalue weighted by Gasteiger charge is 2.38. The van der Waals surface area contributed by atoms with Crippen LogP contribution in [0.2, 0.25) is 0 Å². The molecule has 5 rings (SSSR count). The van der Waals surface area contributed by atoms with Crippen molar-refractivity contribution in [3.8, 4) is 11.4 Å². The van der Waals surface area contributed by atoms with E-state index in [4.69, 9.17) is 20.6 Å². The molecule has 0 aliphatic heterocycles. The van der Waals surface area contributed by atoms with E-state index in [2.05, 4.69) is 22.3 Å². The van der Waals surface area contributed by atoms with Crippen LogP contribution in [-0.2, 0) is 18.3 Å². The van der Waals surface area contributed by atoms with Gasteiger partial charge in [-0.05, 0) is 60.7 Å². The van der Waals surface area contributed by atoms with Gasteiger partial charge in [-0.1, -0.05) is 42.8 Å². The maximum Gasteiger partial charge on any atom is 0.490 e. The van der Waals surface area contributed by atoms with Gasteiger partial charge in [0.2, 0.25) is 0 Å². The van der Waals surface area contributed by atoms with Gasteiger partial charge in [-0.15, -0.1) is 0 Å². The standard InChI is InChI=1S/C28H27FN6.C2HF3O2/c1-4-18-8-11-24(29)23(15-18)25(32-21-9-10-22-19(16-21)12-13-31-26(22)30)28-33-27(34-35(28)3)20-7-5-6-17(2)14-20;3-2(4,5)1(6)7/h5-16,25,32H,4H2,1-3H3,(H2,30,31);(H,6,7). The molecule has 218 valence electrons. The second-order valence-electron chi connectivity index (χ2n) is 9.51. The smallest absolute Gasteiger partial charge is 0.475 e. The molecule has 0 fully saturated rings. The van der Waals surface area contributed by atoms with Crippen molar-refractivity contribution in [2.45, 2.75) is 32.5 Å². The van der Waals surface area contributed by atoms with E-state index in [0.29, 0.717) is 23.0 Å². The lowest BCUT2D eigenvalue weighted by Crippen LogP contribution is -2.21. The van der Waals surface area contributed by atoms with Crippen molar-refractivity contribution in [1.82, 2.24) is 19.7 Å². The first-order valence-electron chi connectivity index (χ1n) is 12.8. The molecule has 3 aromatic carbocycles. The Morgan fingerprint density at radius 3 is 2.50 bits per heavy atom. The molecule has 0 saturated heterocycles. The van der Waals surface area contributed by atoms with Crippen molar-refractivity contribution in [1.29, 1.82) is 0 Å². The lowest BCUT2D eigenvalue weighted by molar-refractivity contribution is -0.192. The van der Waals surface area contributed by atoms with Crippen LogP contribution in [0.4, 0.5) is 29.1 Å². The van der Waals surface area contributed by atoms with Crippen molar-refractivity contribution in [3.63, 3.8) is 0 Å². The van der Waals surface area contributed by atoms with Crippen molar-refractivity contribution in [2.24, 2.45) is 7.05 Å². The monoisotopic (exact) mass is 580 g/mol. The van der Waals surface area contributed by atoms with E-state index in [9.17, 15) is 13.2 Å². The number of rotatable bonds is 6. The second-order valence-corrected chi connectivity index (χ2v) is 9.51. The largest absolute Gasteiger partial charge is 0.490 e. The molecule has 1 atom stereocenters. The van der Waals surface area contributed by atoms with Crippen LogP contribution < -0.4 is 11.1 Å². The summed E-state index contributed by atoms with van der Waals surface area (Å²) in [6.45, 7) is 4.09. The summed E-state index contributed by atoms with van der Waals surface area (Å²) in [6.07, 6.45) is -2.60. The van der Waals surface area contributed by atoms with Crippen molar-refractivity contribution < 1.29 is 27.5 Å². The molecule has 0 radical (unpaired) electrons. The quantitative estimate of drug-likeness (QED) is 0.197. The number of anilines is 2. The minimum atomic E-state index is -5.08. The maximum atomic E-state index is 15.2. The van der Waals surface area contributed by atoms with Crippen LogP contribution in [0.3, 0.4) is 0 Å². The Balaban J connectivity index is 0.000000517. The molecule has 2 aromatic heterocycles. The number of alkyl halides is 3. The number of nitrogens with two attached hydrogens (primary N) is 1. The lowest BCUT2D eigenvalue weighted by atomic mass is 10.0. The summed E-state index contributed by atoms with van der Waals surface area (Å²) >= 11 is 0. The number of pyridine rings is 1. The van der Waals surface area contributed by atoms with Gasteiger partial charge in [0.25, 0.3) is 0 Å². The summed E-state index contributed by atoms with van der Waals surface area (Å²) in [4.78, 5) is 17.9. The summed E-state index contributed by atoms with van der Waals surface area (Å²) in [7, 11) is 1.84. The summed E-state index contributed by atoms with van der Waals surface area (Å²) < 4.78 is 48.7. The fraction of sp³-hybridized carbons (Fsp3) is 0.200. The van der Waals surface area contributed by atoms with Gasteiger partial charge in [-0.25, -0.2) is 19.2 Å². The molecule has 5 aromatic rings. The highest BCUT2D eigenvalue weighted by molar-refractivity contribution is 5.93. The number of aliphatic carboxylic acids is 1. The van der Waals surface area contributed by atoms with E-state index >= 15 is 4.39 Å². The second kappa shape index (κ2) is 12.2. The van der Waals surface area contributed by atoms with E-state index in [0.717, 1.165) is 39.6 Å². The van der Waals surface area contributed by atoms with E-state index in [1.807, 2.05) is 74.6 Å². The topological polar surface area (TPSA) is 119 Å². The van der Waals surface area contributed by atoms with Crippen LogP contribution in [0.1, 0.15) is 35.5 Å². The number of carbonyl (C=O) groups is 1. The molecule has 0 bridgehead atoms. The Kier molecular flexibility index (Phi) is 8.74. The third-order valence-corrected chi connectivity index (χ3v) is 6.46. The molecule has 1 unspecified atom stereocenters. The molecule has 8 nitrogen and oxygen atoms in total. The fourth-order valence-corrected chi connectivity index (χ4v) is 4.33. The van der Waals surface area contributed by atoms with Gasteiger partial charge in [-0.3, -0.25) is 4.68 Å². The zero-order valence-electron chi connectivity index (χ0n) is 22.9. The molecular formula is C30H28F4N6O2. The van der Waals surface area contributed by atoms with Crippen molar-refractivity contribution >= 4 is 28.2 Å². The SMILES string of the molecule is CCc1ccc(F)c(C(Nc2ccc3c(N)nccc3c2)c2nc(-c3cccc(C)c3)nn2C)c1.O=C(O)C(F)(F)F. The van der Waals surface area contributed by atoms with Crippen LogP contribution in [0.25, 0.3) is 22.2 Å². The Hall–Kier alpha value is -5.00. The van der Waals surface area contributed by atoms with E-state index in [1.165, 1.54) is 6.07 Å². The summed E-state index contributed by atoms with van der Waals surface area (Å²) in [5, 5.41) is 17.1. The van der Waals surface area contributed by atoms with Crippen LogP contribution in [0.5, 0.6) is 0 Å². The zero-order chi connectivity index (χ0) is 30.6. The highest BCUT2D eigenvalue weighted by Crippen LogP contribution is 2.32. The predicted molar refractivity (Wildman–Crippen MR) is 152 cm³/mol. The molecule has 0 amide bonds. The molecule has 0 spiro atoms. The Morgan fingerprint density at radius 1 is 1.10 bits per heavy atom. The maximum absolute atomic E-state index is 15.2. The van der Waals surface area contributed by atoms with Gasteiger partial charge in [0, 0.05) is 35.4 Å². The molecule has 0 aliphatic rings. The average Bonchev–Trinajstić information content (AvgIpc) is 3.33.